The van der Waals surface area contributed by atoms with Gasteiger partial charge >= 0.3 is 0 Å². The molecule has 6 heteroatoms. The number of nitro benzene ring substituents is 1. The first-order valence-corrected chi connectivity index (χ1v) is 6.70. The summed E-state index contributed by atoms with van der Waals surface area (Å²) in [5, 5.41) is 14.7. The minimum atomic E-state index is -0.440. The summed E-state index contributed by atoms with van der Waals surface area (Å²) in [5.41, 5.74) is 1.25. The summed E-state index contributed by atoms with van der Waals surface area (Å²) in [6.45, 7) is 0.865. The topological polar surface area (TPSA) is 88.0 Å². The van der Waals surface area contributed by atoms with Crippen LogP contribution in [-0.4, -0.2) is 28.3 Å². The molecule has 3 rings (SSSR count). The van der Waals surface area contributed by atoms with Gasteiger partial charge in [-0.2, -0.15) is 0 Å². The monoisotopic (exact) mass is 273 g/mol. The van der Waals surface area contributed by atoms with Crippen LogP contribution < -0.4 is 5.32 Å². The minimum absolute atomic E-state index is 0.0224. The number of Topliss-reactive ketones (excluding diaryl/α,β-unsaturated/α-hetero) is 1. The van der Waals surface area contributed by atoms with E-state index in [0.717, 1.165) is 31.2 Å². The molecule has 1 aromatic carbocycles. The van der Waals surface area contributed by atoms with Crippen LogP contribution in [0.4, 0.5) is 5.69 Å². The summed E-state index contributed by atoms with van der Waals surface area (Å²) in [7, 11) is 0. The number of nitrogens with one attached hydrogen (secondary N) is 2. The quantitative estimate of drug-likeness (QED) is 0.510. The molecule has 0 aliphatic carbocycles. The highest BCUT2D eigenvalue weighted by atomic mass is 16.6. The third-order valence-electron chi connectivity index (χ3n) is 3.77. The first-order valence-electron chi connectivity index (χ1n) is 6.70. The predicted octanol–water partition coefficient (Wildman–Crippen LogP) is 2.40. The van der Waals surface area contributed by atoms with Gasteiger partial charge in [-0.15, -0.1) is 0 Å². The number of carbonyl (C=O) groups is 1. The largest absolute Gasteiger partial charge is 0.360 e. The number of ketones is 1. The molecule has 2 N–H and O–H groups in total. The van der Waals surface area contributed by atoms with Crippen molar-refractivity contribution in [2.24, 2.45) is 0 Å². The van der Waals surface area contributed by atoms with Gasteiger partial charge in [0.25, 0.3) is 5.69 Å². The number of rotatable bonds is 3. The maximum atomic E-state index is 12.5. The number of non-ortho nitro benzene ring substituents is 1. The van der Waals surface area contributed by atoms with E-state index >= 15 is 0 Å². The van der Waals surface area contributed by atoms with E-state index in [1.807, 2.05) is 0 Å². The van der Waals surface area contributed by atoms with Crippen LogP contribution in [0.3, 0.4) is 0 Å². The zero-order valence-corrected chi connectivity index (χ0v) is 10.9. The maximum absolute atomic E-state index is 12.5. The van der Waals surface area contributed by atoms with Gasteiger partial charge in [-0.1, -0.05) is 6.42 Å². The second kappa shape index (κ2) is 5.05. The number of aromatic nitrogens is 1. The third kappa shape index (κ3) is 2.18. The average molecular weight is 273 g/mol. The molecule has 1 atom stereocenters. The number of nitro groups is 1. The molecule has 20 heavy (non-hydrogen) atoms. The molecule has 1 aromatic heterocycles. The van der Waals surface area contributed by atoms with Crippen molar-refractivity contribution in [1.29, 1.82) is 0 Å². The maximum Gasteiger partial charge on any atom is 0.271 e. The van der Waals surface area contributed by atoms with Crippen molar-refractivity contribution in [2.75, 3.05) is 6.54 Å². The van der Waals surface area contributed by atoms with Crippen LogP contribution >= 0.6 is 0 Å². The van der Waals surface area contributed by atoms with E-state index in [4.69, 9.17) is 0 Å². The zero-order valence-electron chi connectivity index (χ0n) is 10.9. The molecule has 2 heterocycles. The highest BCUT2D eigenvalue weighted by Crippen LogP contribution is 2.25. The lowest BCUT2D eigenvalue weighted by molar-refractivity contribution is -0.384. The number of hydrogen-bond donors (Lipinski definition) is 2. The molecular weight excluding hydrogens is 258 g/mol. The van der Waals surface area contributed by atoms with Crippen LogP contribution in [-0.2, 0) is 0 Å². The average Bonchev–Trinajstić information content (AvgIpc) is 2.90. The molecule has 0 amide bonds. The number of carbonyl (C=O) groups excluding carboxylic acids is 1. The van der Waals surface area contributed by atoms with Gasteiger partial charge in [0.1, 0.15) is 0 Å². The van der Waals surface area contributed by atoms with Gasteiger partial charge in [0.15, 0.2) is 5.78 Å². The van der Waals surface area contributed by atoms with Gasteiger partial charge in [0.05, 0.1) is 16.5 Å². The Bertz CT molecular complexity index is 671. The molecule has 6 nitrogen and oxygen atoms in total. The van der Waals surface area contributed by atoms with Crippen LogP contribution in [0.1, 0.15) is 29.6 Å². The number of H-pyrrole nitrogens is 1. The zero-order chi connectivity index (χ0) is 14.1. The Morgan fingerprint density at radius 3 is 2.90 bits per heavy atom. The van der Waals surface area contributed by atoms with Crippen LogP contribution in [0.25, 0.3) is 10.9 Å². The molecular formula is C14H15N3O3. The van der Waals surface area contributed by atoms with Crippen LogP contribution in [0, 0.1) is 10.1 Å². The van der Waals surface area contributed by atoms with Crippen LogP contribution in [0.5, 0.6) is 0 Å². The van der Waals surface area contributed by atoms with Gasteiger partial charge < -0.3 is 10.3 Å². The van der Waals surface area contributed by atoms with Crippen molar-refractivity contribution in [2.45, 2.75) is 25.3 Å². The molecule has 1 aliphatic rings. The lowest BCUT2D eigenvalue weighted by Crippen LogP contribution is -2.40. The molecule has 1 fully saturated rings. The molecule has 0 bridgehead atoms. The van der Waals surface area contributed by atoms with Crippen LogP contribution in [0.15, 0.2) is 24.4 Å². The lowest BCUT2D eigenvalue weighted by atomic mass is 9.96. The Balaban J connectivity index is 1.95. The number of hydrogen-bond acceptors (Lipinski definition) is 4. The second-order valence-corrected chi connectivity index (χ2v) is 5.06. The smallest absolute Gasteiger partial charge is 0.271 e. The Morgan fingerprint density at radius 2 is 2.20 bits per heavy atom. The van der Waals surface area contributed by atoms with E-state index in [9.17, 15) is 14.9 Å². The number of fused-ring (bicyclic) bond motifs is 1. The number of nitrogens with zero attached hydrogens (tertiary/aromatic N) is 1. The number of aromatic amines is 1. The van der Waals surface area contributed by atoms with Crippen molar-refractivity contribution in [1.82, 2.24) is 10.3 Å². The van der Waals surface area contributed by atoms with Gasteiger partial charge in [0, 0.05) is 29.3 Å². The highest BCUT2D eigenvalue weighted by Gasteiger charge is 2.24. The summed E-state index contributed by atoms with van der Waals surface area (Å²) in [4.78, 5) is 25.7. The van der Waals surface area contributed by atoms with Crippen molar-refractivity contribution >= 4 is 22.4 Å². The van der Waals surface area contributed by atoms with Crippen LogP contribution in [0.2, 0.25) is 0 Å². The fraction of sp³-hybridized carbons (Fsp3) is 0.357. The van der Waals surface area contributed by atoms with Crippen molar-refractivity contribution < 1.29 is 9.72 Å². The Labute approximate surface area is 115 Å². The summed E-state index contributed by atoms with van der Waals surface area (Å²) < 4.78 is 0. The SMILES string of the molecule is O=C(c1c[nH]c2cc([N+](=O)[O-])ccc12)C1CCCCN1. The van der Waals surface area contributed by atoms with Crippen molar-refractivity contribution in [3.05, 3.63) is 40.1 Å². The Hall–Kier alpha value is -2.21. The van der Waals surface area contributed by atoms with E-state index in [1.165, 1.54) is 12.1 Å². The summed E-state index contributed by atoms with van der Waals surface area (Å²) >= 11 is 0. The molecule has 1 aliphatic heterocycles. The summed E-state index contributed by atoms with van der Waals surface area (Å²) in [6.07, 6.45) is 4.65. The molecule has 104 valence electrons. The van der Waals surface area contributed by atoms with Crippen molar-refractivity contribution in [3.63, 3.8) is 0 Å². The van der Waals surface area contributed by atoms with Gasteiger partial charge in [-0.05, 0) is 25.5 Å². The van der Waals surface area contributed by atoms with E-state index in [-0.39, 0.29) is 17.5 Å². The predicted molar refractivity (Wildman–Crippen MR) is 74.9 cm³/mol. The highest BCUT2D eigenvalue weighted by molar-refractivity contribution is 6.10. The summed E-state index contributed by atoms with van der Waals surface area (Å²) in [5.74, 6) is 0.0600. The van der Waals surface area contributed by atoms with E-state index in [2.05, 4.69) is 10.3 Å². The molecule has 0 saturated carbocycles. The van der Waals surface area contributed by atoms with E-state index in [1.54, 1.807) is 12.3 Å². The first-order chi connectivity index (χ1) is 9.66. The summed E-state index contributed by atoms with van der Waals surface area (Å²) in [6, 6.07) is 4.39. The number of benzene rings is 1. The van der Waals surface area contributed by atoms with Crippen molar-refractivity contribution in [3.8, 4) is 0 Å². The Kier molecular flexibility index (Phi) is 3.23. The van der Waals surface area contributed by atoms with Gasteiger partial charge in [0.2, 0.25) is 0 Å². The molecule has 1 saturated heterocycles. The fourth-order valence-corrected chi connectivity index (χ4v) is 2.69. The van der Waals surface area contributed by atoms with Gasteiger partial charge in [-0.3, -0.25) is 14.9 Å². The third-order valence-corrected chi connectivity index (χ3v) is 3.77. The molecule has 0 spiro atoms. The Morgan fingerprint density at radius 1 is 1.35 bits per heavy atom. The molecule has 1 unspecified atom stereocenters. The van der Waals surface area contributed by atoms with E-state index < -0.39 is 4.92 Å². The minimum Gasteiger partial charge on any atom is -0.360 e. The molecule has 0 radical (unpaired) electrons. The second-order valence-electron chi connectivity index (χ2n) is 5.06. The molecule has 2 aromatic rings. The lowest BCUT2D eigenvalue weighted by Gasteiger charge is -2.21. The first kappa shape index (κ1) is 12.8. The normalized spacial score (nSPS) is 19.1. The van der Waals surface area contributed by atoms with E-state index in [0.29, 0.717) is 11.1 Å². The fourth-order valence-electron chi connectivity index (χ4n) is 2.69. The van der Waals surface area contributed by atoms with Gasteiger partial charge in [-0.25, -0.2) is 0 Å². The standard InChI is InChI=1S/C14H15N3O3/c18-14(12-3-1-2-6-15-12)11-8-16-13-7-9(17(19)20)4-5-10(11)13/h4-5,7-8,12,15-16H,1-3,6H2. The number of piperidine rings is 1.